The summed E-state index contributed by atoms with van der Waals surface area (Å²) in [5.74, 6) is 0.758. The zero-order valence-corrected chi connectivity index (χ0v) is 13.3. The van der Waals surface area contributed by atoms with E-state index in [4.69, 9.17) is 11.6 Å². The van der Waals surface area contributed by atoms with Crippen molar-refractivity contribution in [1.82, 2.24) is 5.32 Å². The first-order valence-electron chi connectivity index (χ1n) is 7.73. The van der Waals surface area contributed by atoms with Crippen LogP contribution in [0.2, 0.25) is 5.02 Å². The number of benzene rings is 1. The molecule has 0 amide bonds. The van der Waals surface area contributed by atoms with Crippen LogP contribution in [0, 0.1) is 5.92 Å². The first-order chi connectivity index (χ1) is 9.52. The van der Waals surface area contributed by atoms with Crippen molar-refractivity contribution in [1.29, 1.82) is 0 Å². The molecule has 20 heavy (non-hydrogen) atoms. The second-order valence-corrected chi connectivity index (χ2v) is 6.74. The van der Waals surface area contributed by atoms with E-state index in [9.17, 15) is 5.11 Å². The van der Waals surface area contributed by atoms with Crippen LogP contribution in [-0.4, -0.2) is 17.3 Å². The van der Waals surface area contributed by atoms with Gasteiger partial charge in [0.25, 0.3) is 0 Å². The van der Waals surface area contributed by atoms with Gasteiger partial charge in [0.15, 0.2) is 0 Å². The van der Waals surface area contributed by atoms with Gasteiger partial charge in [0.05, 0.1) is 5.60 Å². The maximum absolute atomic E-state index is 10.6. The molecule has 112 valence electrons. The lowest BCUT2D eigenvalue weighted by molar-refractivity contribution is -0.00830. The summed E-state index contributed by atoms with van der Waals surface area (Å²) in [4.78, 5) is 0. The highest BCUT2D eigenvalue weighted by atomic mass is 35.5. The number of halogens is 1. The fourth-order valence-corrected chi connectivity index (χ4v) is 3.11. The van der Waals surface area contributed by atoms with Crippen molar-refractivity contribution in [2.24, 2.45) is 5.92 Å². The van der Waals surface area contributed by atoms with Gasteiger partial charge < -0.3 is 10.4 Å². The molecule has 2 N–H and O–H groups in total. The molecule has 2 rings (SSSR count). The molecule has 1 aliphatic rings. The highest BCUT2D eigenvalue weighted by Crippen LogP contribution is 2.32. The monoisotopic (exact) mass is 295 g/mol. The number of aliphatic hydroxyl groups is 1. The van der Waals surface area contributed by atoms with Crippen LogP contribution in [0.4, 0.5) is 0 Å². The van der Waals surface area contributed by atoms with Gasteiger partial charge >= 0.3 is 0 Å². The SMILES string of the molecule is CCC(NCC1(O)CCC(C)CC1)c1ccc(Cl)cc1. The van der Waals surface area contributed by atoms with Crippen LogP contribution >= 0.6 is 11.6 Å². The van der Waals surface area contributed by atoms with E-state index in [-0.39, 0.29) is 6.04 Å². The summed E-state index contributed by atoms with van der Waals surface area (Å²) < 4.78 is 0. The number of nitrogens with one attached hydrogen (secondary N) is 1. The third-order valence-electron chi connectivity index (χ3n) is 4.56. The van der Waals surface area contributed by atoms with Crippen LogP contribution in [0.3, 0.4) is 0 Å². The normalized spacial score (nSPS) is 28.3. The lowest BCUT2D eigenvalue weighted by atomic mass is 9.79. The van der Waals surface area contributed by atoms with Crippen LogP contribution in [0.15, 0.2) is 24.3 Å². The molecule has 1 atom stereocenters. The largest absolute Gasteiger partial charge is 0.389 e. The summed E-state index contributed by atoms with van der Waals surface area (Å²) >= 11 is 5.93. The molecule has 1 unspecified atom stereocenters. The smallest absolute Gasteiger partial charge is 0.0772 e. The Morgan fingerprint density at radius 1 is 1.30 bits per heavy atom. The van der Waals surface area contributed by atoms with Crippen molar-refractivity contribution < 1.29 is 5.11 Å². The second kappa shape index (κ2) is 6.93. The Labute approximate surface area is 127 Å². The summed E-state index contributed by atoms with van der Waals surface area (Å²) in [7, 11) is 0. The van der Waals surface area contributed by atoms with Crippen molar-refractivity contribution >= 4 is 11.6 Å². The Kier molecular flexibility index (Phi) is 5.48. The Bertz CT molecular complexity index is 410. The summed E-state index contributed by atoms with van der Waals surface area (Å²) in [5, 5.41) is 14.9. The fourth-order valence-electron chi connectivity index (χ4n) is 2.98. The molecule has 0 saturated heterocycles. The lowest BCUT2D eigenvalue weighted by Gasteiger charge is -2.36. The quantitative estimate of drug-likeness (QED) is 0.848. The molecule has 0 aliphatic heterocycles. The zero-order chi connectivity index (χ0) is 14.6. The molecular weight excluding hydrogens is 270 g/mol. The highest BCUT2D eigenvalue weighted by molar-refractivity contribution is 6.30. The molecule has 2 nitrogen and oxygen atoms in total. The van der Waals surface area contributed by atoms with Gasteiger partial charge in [-0.2, -0.15) is 0 Å². The fraction of sp³-hybridized carbons (Fsp3) is 0.647. The zero-order valence-electron chi connectivity index (χ0n) is 12.5. The van der Waals surface area contributed by atoms with Crippen LogP contribution < -0.4 is 5.32 Å². The van der Waals surface area contributed by atoms with E-state index in [1.54, 1.807) is 0 Å². The summed E-state index contributed by atoms with van der Waals surface area (Å²) in [5.41, 5.74) is 0.719. The molecule has 3 heteroatoms. The lowest BCUT2D eigenvalue weighted by Crippen LogP contribution is -2.44. The van der Waals surface area contributed by atoms with Gasteiger partial charge in [-0.25, -0.2) is 0 Å². The third-order valence-corrected chi connectivity index (χ3v) is 4.82. The Hall–Kier alpha value is -0.570. The van der Waals surface area contributed by atoms with Crippen LogP contribution in [0.5, 0.6) is 0 Å². The molecule has 1 aromatic carbocycles. The maximum Gasteiger partial charge on any atom is 0.0772 e. The Morgan fingerprint density at radius 3 is 2.45 bits per heavy atom. The maximum atomic E-state index is 10.6. The summed E-state index contributed by atoms with van der Waals surface area (Å²) in [6.07, 6.45) is 5.11. The van der Waals surface area contributed by atoms with Gasteiger partial charge in [-0.1, -0.05) is 37.6 Å². The van der Waals surface area contributed by atoms with E-state index in [1.807, 2.05) is 12.1 Å². The molecule has 0 heterocycles. The van der Waals surface area contributed by atoms with Gasteiger partial charge in [0.1, 0.15) is 0 Å². The molecule has 0 bridgehead atoms. The average molecular weight is 296 g/mol. The highest BCUT2D eigenvalue weighted by Gasteiger charge is 2.32. The molecule has 1 aromatic rings. The number of rotatable bonds is 5. The number of hydrogen-bond donors (Lipinski definition) is 2. The van der Waals surface area contributed by atoms with Crippen LogP contribution in [0.25, 0.3) is 0 Å². The van der Waals surface area contributed by atoms with Crippen molar-refractivity contribution in [3.05, 3.63) is 34.9 Å². The van der Waals surface area contributed by atoms with E-state index < -0.39 is 5.60 Å². The van der Waals surface area contributed by atoms with Crippen LogP contribution in [0.1, 0.15) is 57.6 Å². The van der Waals surface area contributed by atoms with Crippen molar-refractivity contribution in [2.75, 3.05) is 6.54 Å². The second-order valence-electron chi connectivity index (χ2n) is 6.30. The molecule has 0 aromatic heterocycles. The molecule has 1 saturated carbocycles. The van der Waals surface area contributed by atoms with Gasteiger partial charge in [0, 0.05) is 17.6 Å². The Morgan fingerprint density at radius 2 is 1.90 bits per heavy atom. The topological polar surface area (TPSA) is 32.3 Å². The summed E-state index contributed by atoms with van der Waals surface area (Å²) in [6, 6.07) is 8.28. The predicted molar refractivity (Wildman–Crippen MR) is 85.1 cm³/mol. The van der Waals surface area contributed by atoms with E-state index in [0.717, 1.165) is 43.0 Å². The molecule has 0 spiro atoms. The third kappa shape index (κ3) is 4.21. The molecule has 1 aliphatic carbocycles. The average Bonchev–Trinajstić information content (AvgIpc) is 2.45. The van der Waals surface area contributed by atoms with Crippen molar-refractivity contribution in [3.8, 4) is 0 Å². The van der Waals surface area contributed by atoms with E-state index in [2.05, 4.69) is 31.3 Å². The van der Waals surface area contributed by atoms with Gasteiger partial charge in [-0.05, 0) is 55.7 Å². The molecule has 0 radical (unpaired) electrons. The minimum atomic E-state index is -0.521. The van der Waals surface area contributed by atoms with Gasteiger partial charge in [0.2, 0.25) is 0 Å². The minimum Gasteiger partial charge on any atom is -0.389 e. The minimum absolute atomic E-state index is 0.288. The standard InChI is InChI=1S/C17H26ClNO/c1-3-16(14-4-6-15(18)7-5-14)19-12-17(20)10-8-13(2)9-11-17/h4-7,13,16,19-20H,3,8-12H2,1-2H3. The first kappa shape index (κ1) is 15.8. The molecule has 1 fully saturated rings. The number of hydrogen-bond acceptors (Lipinski definition) is 2. The molecular formula is C17H26ClNO. The van der Waals surface area contributed by atoms with E-state index >= 15 is 0 Å². The van der Waals surface area contributed by atoms with Gasteiger partial charge in [-0.3, -0.25) is 0 Å². The van der Waals surface area contributed by atoms with E-state index in [1.165, 1.54) is 5.56 Å². The van der Waals surface area contributed by atoms with Crippen molar-refractivity contribution in [3.63, 3.8) is 0 Å². The predicted octanol–water partition coefficient (Wildman–Crippen LogP) is 4.32. The van der Waals surface area contributed by atoms with Gasteiger partial charge in [-0.15, -0.1) is 0 Å². The summed E-state index contributed by atoms with van der Waals surface area (Å²) in [6.45, 7) is 5.12. The van der Waals surface area contributed by atoms with Crippen LogP contribution in [-0.2, 0) is 0 Å². The van der Waals surface area contributed by atoms with Crippen molar-refractivity contribution in [2.45, 2.75) is 57.6 Å². The first-order valence-corrected chi connectivity index (χ1v) is 8.11. The Balaban J connectivity index is 1.92. The van der Waals surface area contributed by atoms with E-state index in [0.29, 0.717) is 6.54 Å².